The molecule has 1 nitrogen and oxygen atoms in total. The topological polar surface area (TPSA) is 23.8 Å². The van der Waals surface area contributed by atoms with Gasteiger partial charge in [0.15, 0.2) is 0 Å². The molecule has 0 atom stereocenters. The first-order valence-corrected chi connectivity index (χ1v) is 3.76. The predicted octanol–water partition coefficient (Wildman–Crippen LogP) is 3.17. The Hall–Kier alpha value is -0.710. The maximum absolute atomic E-state index is 8.58. The number of nitriles is 1. The van der Waals surface area contributed by atoms with Crippen molar-refractivity contribution in [1.82, 2.24) is 0 Å². The van der Waals surface area contributed by atoms with Crippen LogP contribution in [0, 0.1) is 18.3 Å². The molecule has 0 aliphatic rings. The molecule has 0 aromatic heterocycles. The molecule has 1 aromatic rings. The van der Waals surface area contributed by atoms with E-state index in [1.54, 1.807) is 12.1 Å². The zero-order valence-corrected chi connectivity index (χ0v) is 7.37. The van der Waals surface area contributed by atoms with E-state index in [2.05, 4.69) is 0 Å². The van der Waals surface area contributed by atoms with Crippen molar-refractivity contribution in [2.75, 3.05) is 0 Å². The smallest absolute Gasteiger partial charge is 0.0994 e. The van der Waals surface area contributed by atoms with E-state index in [0.29, 0.717) is 15.6 Å². The van der Waals surface area contributed by atoms with Crippen molar-refractivity contribution in [1.29, 1.82) is 5.26 Å². The highest BCUT2D eigenvalue weighted by molar-refractivity contribution is 6.42. The Morgan fingerprint density at radius 3 is 2.36 bits per heavy atom. The minimum atomic E-state index is 0.425. The maximum atomic E-state index is 8.58. The highest BCUT2D eigenvalue weighted by Gasteiger charge is 2.02. The SMILES string of the molecule is Cc1cc(Cl)c(Cl)cc1C#N. The monoisotopic (exact) mass is 185 g/mol. The molecule has 0 fully saturated rings. The van der Waals surface area contributed by atoms with Gasteiger partial charge in [-0.15, -0.1) is 0 Å². The van der Waals surface area contributed by atoms with E-state index in [1.165, 1.54) is 0 Å². The van der Waals surface area contributed by atoms with Crippen LogP contribution in [0.25, 0.3) is 0 Å². The van der Waals surface area contributed by atoms with Gasteiger partial charge in [0.05, 0.1) is 21.7 Å². The summed E-state index contributed by atoms with van der Waals surface area (Å²) in [5.74, 6) is 0. The zero-order chi connectivity index (χ0) is 8.43. The molecular formula is C8H5Cl2N. The van der Waals surface area contributed by atoms with Crippen LogP contribution in [0.2, 0.25) is 10.0 Å². The molecule has 0 bridgehead atoms. The molecule has 1 rings (SSSR count). The average Bonchev–Trinajstić information content (AvgIpc) is 1.97. The molecule has 0 spiro atoms. The van der Waals surface area contributed by atoms with Crippen molar-refractivity contribution in [3.63, 3.8) is 0 Å². The lowest BCUT2D eigenvalue weighted by Crippen LogP contribution is -1.81. The van der Waals surface area contributed by atoms with Crippen LogP contribution in [-0.4, -0.2) is 0 Å². The van der Waals surface area contributed by atoms with Gasteiger partial charge in [-0.05, 0) is 24.6 Å². The van der Waals surface area contributed by atoms with E-state index in [4.69, 9.17) is 28.5 Å². The zero-order valence-electron chi connectivity index (χ0n) is 5.86. The third-order valence-electron chi connectivity index (χ3n) is 1.39. The maximum Gasteiger partial charge on any atom is 0.0994 e. The predicted molar refractivity (Wildman–Crippen MR) is 45.9 cm³/mol. The lowest BCUT2D eigenvalue weighted by molar-refractivity contribution is 1.39. The summed E-state index contributed by atoms with van der Waals surface area (Å²) in [6.45, 7) is 1.82. The van der Waals surface area contributed by atoms with Gasteiger partial charge in [0.2, 0.25) is 0 Å². The van der Waals surface area contributed by atoms with Crippen molar-refractivity contribution < 1.29 is 0 Å². The van der Waals surface area contributed by atoms with E-state index in [0.717, 1.165) is 5.56 Å². The van der Waals surface area contributed by atoms with Crippen LogP contribution < -0.4 is 0 Å². The molecule has 0 radical (unpaired) electrons. The summed E-state index contributed by atoms with van der Waals surface area (Å²) in [6, 6.07) is 5.27. The van der Waals surface area contributed by atoms with Crippen LogP contribution in [0.15, 0.2) is 12.1 Å². The molecule has 3 heteroatoms. The second-order valence-electron chi connectivity index (χ2n) is 2.19. The summed E-state index contributed by atoms with van der Waals surface area (Å²) in [4.78, 5) is 0. The molecule has 0 aliphatic heterocycles. The van der Waals surface area contributed by atoms with Gasteiger partial charge in [-0.3, -0.25) is 0 Å². The lowest BCUT2D eigenvalue weighted by Gasteiger charge is -1.98. The first-order chi connectivity index (χ1) is 5.15. The molecule has 0 heterocycles. The molecule has 1 aromatic carbocycles. The number of nitrogens with zero attached hydrogens (tertiary/aromatic N) is 1. The number of hydrogen-bond acceptors (Lipinski definition) is 1. The van der Waals surface area contributed by atoms with Crippen LogP contribution in [0.3, 0.4) is 0 Å². The van der Waals surface area contributed by atoms with E-state index in [9.17, 15) is 0 Å². The Morgan fingerprint density at radius 2 is 1.82 bits per heavy atom. The Labute approximate surface area is 75.2 Å². The van der Waals surface area contributed by atoms with Crippen molar-refractivity contribution in [2.24, 2.45) is 0 Å². The van der Waals surface area contributed by atoms with Gasteiger partial charge >= 0.3 is 0 Å². The summed E-state index contributed by atoms with van der Waals surface area (Å²) in [6.07, 6.45) is 0. The van der Waals surface area contributed by atoms with Crippen LogP contribution in [0.1, 0.15) is 11.1 Å². The van der Waals surface area contributed by atoms with Crippen molar-refractivity contribution in [3.05, 3.63) is 33.3 Å². The largest absolute Gasteiger partial charge is 0.192 e. The van der Waals surface area contributed by atoms with Gasteiger partial charge in [-0.2, -0.15) is 5.26 Å². The van der Waals surface area contributed by atoms with E-state index in [1.807, 2.05) is 13.0 Å². The Balaban J connectivity index is 3.35. The third-order valence-corrected chi connectivity index (χ3v) is 2.11. The molecule has 0 unspecified atom stereocenters. The molecule has 0 saturated carbocycles. The van der Waals surface area contributed by atoms with E-state index < -0.39 is 0 Å². The molecule has 0 saturated heterocycles. The average molecular weight is 186 g/mol. The number of hydrogen-bond donors (Lipinski definition) is 0. The van der Waals surface area contributed by atoms with Gasteiger partial charge in [0.1, 0.15) is 0 Å². The summed E-state index contributed by atoms with van der Waals surface area (Å²) in [5, 5.41) is 9.50. The number of rotatable bonds is 0. The Bertz CT molecular complexity index is 326. The lowest BCUT2D eigenvalue weighted by atomic mass is 10.1. The number of aryl methyl sites for hydroxylation is 1. The van der Waals surface area contributed by atoms with Crippen LogP contribution >= 0.6 is 23.2 Å². The minimum absolute atomic E-state index is 0.425. The van der Waals surface area contributed by atoms with Gasteiger partial charge in [-0.25, -0.2) is 0 Å². The highest BCUT2D eigenvalue weighted by atomic mass is 35.5. The highest BCUT2D eigenvalue weighted by Crippen LogP contribution is 2.24. The standard InChI is InChI=1S/C8H5Cl2N/c1-5-2-7(9)8(10)3-6(5)4-11/h2-3H,1H3. The molecule has 0 N–H and O–H groups in total. The normalized spacial score (nSPS) is 9.27. The van der Waals surface area contributed by atoms with Gasteiger partial charge in [0, 0.05) is 0 Å². The molecule has 56 valence electrons. The quantitative estimate of drug-likeness (QED) is 0.610. The van der Waals surface area contributed by atoms with Crippen LogP contribution in [0.4, 0.5) is 0 Å². The Morgan fingerprint density at radius 1 is 1.27 bits per heavy atom. The van der Waals surface area contributed by atoms with Crippen molar-refractivity contribution in [3.8, 4) is 6.07 Å². The van der Waals surface area contributed by atoms with Crippen molar-refractivity contribution >= 4 is 23.2 Å². The van der Waals surface area contributed by atoms with Crippen LogP contribution in [0.5, 0.6) is 0 Å². The summed E-state index contributed by atoms with van der Waals surface area (Å²) in [7, 11) is 0. The van der Waals surface area contributed by atoms with Gasteiger partial charge in [0.25, 0.3) is 0 Å². The van der Waals surface area contributed by atoms with Gasteiger partial charge in [-0.1, -0.05) is 23.2 Å². The fourth-order valence-corrected chi connectivity index (χ4v) is 1.15. The molecule has 0 aliphatic carbocycles. The summed E-state index contributed by atoms with van der Waals surface area (Å²) >= 11 is 11.4. The molecular weight excluding hydrogens is 181 g/mol. The number of halogens is 2. The second kappa shape index (κ2) is 3.13. The fraction of sp³-hybridized carbons (Fsp3) is 0.125. The van der Waals surface area contributed by atoms with Gasteiger partial charge < -0.3 is 0 Å². The first-order valence-electron chi connectivity index (χ1n) is 3.01. The second-order valence-corrected chi connectivity index (χ2v) is 3.01. The third kappa shape index (κ3) is 1.65. The molecule has 0 amide bonds. The van der Waals surface area contributed by atoms with Crippen molar-refractivity contribution in [2.45, 2.75) is 6.92 Å². The first kappa shape index (κ1) is 8.39. The summed E-state index contributed by atoms with van der Waals surface area (Å²) < 4.78 is 0. The van der Waals surface area contributed by atoms with E-state index in [-0.39, 0.29) is 0 Å². The van der Waals surface area contributed by atoms with E-state index >= 15 is 0 Å². The molecule has 11 heavy (non-hydrogen) atoms. The number of benzene rings is 1. The summed E-state index contributed by atoms with van der Waals surface area (Å²) in [5.41, 5.74) is 1.42. The minimum Gasteiger partial charge on any atom is -0.192 e. The Kier molecular flexibility index (Phi) is 2.38. The van der Waals surface area contributed by atoms with Crippen LogP contribution in [-0.2, 0) is 0 Å². The fourth-order valence-electron chi connectivity index (χ4n) is 0.767.